The number of carbonyl (C=O) groups is 1. The SMILES string of the molecule is CC(C)(C)OC(=O)N1[C@@H](C(O)c2nc(Br)cs2)COC1(C)C. The van der Waals surface area contributed by atoms with E-state index < -0.39 is 29.6 Å². The molecule has 1 amide bonds. The first-order valence-corrected chi connectivity index (χ1v) is 8.64. The average molecular weight is 393 g/mol. The molecule has 1 fully saturated rings. The number of hydrogen-bond acceptors (Lipinski definition) is 6. The van der Waals surface area contributed by atoms with Gasteiger partial charge in [0.05, 0.1) is 12.6 Å². The van der Waals surface area contributed by atoms with E-state index in [0.717, 1.165) is 0 Å². The van der Waals surface area contributed by atoms with Gasteiger partial charge in [-0.1, -0.05) is 0 Å². The third-order valence-electron chi connectivity index (χ3n) is 3.22. The Labute approximate surface area is 142 Å². The van der Waals surface area contributed by atoms with E-state index in [9.17, 15) is 9.90 Å². The van der Waals surface area contributed by atoms with Crippen LogP contribution in [0.4, 0.5) is 4.79 Å². The van der Waals surface area contributed by atoms with Gasteiger partial charge < -0.3 is 14.6 Å². The van der Waals surface area contributed by atoms with Gasteiger partial charge >= 0.3 is 6.09 Å². The molecule has 0 saturated carbocycles. The Bertz CT molecular complexity index is 555. The van der Waals surface area contributed by atoms with Gasteiger partial charge in [-0.2, -0.15) is 0 Å². The van der Waals surface area contributed by atoms with Crippen LogP contribution in [-0.4, -0.2) is 45.1 Å². The van der Waals surface area contributed by atoms with Crippen molar-refractivity contribution in [2.24, 2.45) is 0 Å². The number of aliphatic hydroxyl groups is 1. The Morgan fingerprint density at radius 2 is 2.27 bits per heavy atom. The zero-order valence-electron chi connectivity index (χ0n) is 13.3. The molecule has 0 radical (unpaired) electrons. The van der Waals surface area contributed by atoms with Crippen molar-refractivity contribution < 1.29 is 19.4 Å². The van der Waals surface area contributed by atoms with Crippen LogP contribution in [0.1, 0.15) is 45.7 Å². The van der Waals surface area contributed by atoms with E-state index in [-0.39, 0.29) is 6.61 Å². The number of thiazole rings is 1. The van der Waals surface area contributed by atoms with Gasteiger partial charge in [-0.3, -0.25) is 4.90 Å². The van der Waals surface area contributed by atoms with Crippen LogP contribution in [0.25, 0.3) is 0 Å². The van der Waals surface area contributed by atoms with E-state index >= 15 is 0 Å². The van der Waals surface area contributed by atoms with E-state index in [1.165, 1.54) is 16.2 Å². The Morgan fingerprint density at radius 1 is 1.64 bits per heavy atom. The monoisotopic (exact) mass is 392 g/mol. The number of carbonyl (C=O) groups excluding carboxylic acids is 1. The molecular formula is C14H21BrN2O4S. The number of aliphatic hydroxyl groups excluding tert-OH is 1. The maximum absolute atomic E-state index is 12.5. The lowest BCUT2D eigenvalue weighted by molar-refractivity contribution is -0.0679. The number of aromatic nitrogens is 1. The first-order chi connectivity index (χ1) is 10.0. The number of hydrogen-bond donors (Lipinski definition) is 1. The minimum Gasteiger partial charge on any atom is -0.444 e. The zero-order chi connectivity index (χ0) is 16.7. The topological polar surface area (TPSA) is 71.9 Å². The Kier molecular flexibility index (Phi) is 4.87. The second kappa shape index (κ2) is 6.07. The van der Waals surface area contributed by atoms with Crippen LogP contribution in [0.5, 0.6) is 0 Å². The average Bonchev–Trinajstić information content (AvgIpc) is 2.89. The molecule has 0 aliphatic carbocycles. The highest BCUT2D eigenvalue weighted by Gasteiger charge is 2.49. The van der Waals surface area contributed by atoms with E-state index in [2.05, 4.69) is 20.9 Å². The molecule has 2 atom stereocenters. The van der Waals surface area contributed by atoms with Crippen LogP contribution in [0.15, 0.2) is 9.98 Å². The molecule has 1 aromatic heterocycles. The summed E-state index contributed by atoms with van der Waals surface area (Å²) in [7, 11) is 0. The van der Waals surface area contributed by atoms with Gasteiger partial charge in [0, 0.05) is 5.38 Å². The first kappa shape index (κ1) is 17.7. The first-order valence-electron chi connectivity index (χ1n) is 6.96. The van der Waals surface area contributed by atoms with Gasteiger partial charge in [0.2, 0.25) is 0 Å². The summed E-state index contributed by atoms with van der Waals surface area (Å²) < 4.78 is 11.8. The molecule has 1 saturated heterocycles. The molecule has 1 unspecified atom stereocenters. The summed E-state index contributed by atoms with van der Waals surface area (Å²) >= 11 is 4.60. The van der Waals surface area contributed by atoms with Gasteiger partial charge in [-0.25, -0.2) is 9.78 Å². The third-order valence-corrected chi connectivity index (χ3v) is 4.85. The summed E-state index contributed by atoms with van der Waals surface area (Å²) in [5, 5.41) is 12.9. The van der Waals surface area contributed by atoms with E-state index in [0.29, 0.717) is 9.61 Å². The molecule has 6 nitrogen and oxygen atoms in total. The normalized spacial score (nSPS) is 22.7. The van der Waals surface area contributed by atoms with Crippen LogP contribution in [-0.2, 0) is 9.47 Å². The number of nitrogens with zero attached hydrogens (tertiary/aromatic N) is 2. The summed E-state index contributed by atoms with van der Waals surface area (Å²) in [6, 6.07) is -0.539. The van der Waals surface area contributed by atoms with Crippen LogP contribution in [0.3, 0.4) is 0 Å². The molecule has 0 spiro atoms. The molecule has 1 aromatic rings. The molecule has 8 heteroatoms. The minimum atomic E-state index is -0.925. The summed E-state index contributed by atoms with van der Waals surface area (Å²) in [5.74, 6) is 0. The second-order valence-corrected chi connectivity index (χ2v) is 8.33. The van der Waals surface area contributed by atoms with Gasteiger partial charge in [-0.15, -0.1) is 11.3 Å². The van der Waals surface area contributed by atoms with Crippen molar-refractivity contribution in [1.29, 1.82) is 0 Å². The molecule has 1 aliphatic heterocycles. The van der Waals surface area contributed by atoms with Crippen LogP contribution >= 0.6 is 27.3 Å². The van der Waals surface area contributed by atoms with Crippen LogP contribution in [0.2, 0.25) is 0 Å². The van der Waals surface area contributed by atoms with Crippen LogP contribution < -0.4 is 0 Å². The number of ether oxygens (including phenoxy) is 2. The third kappa shape index (κ3) is 3.79. The molecule has 1 aliphatic rings. The number of rotatable bonds is 2. The molecule has 2 heterocycles. The van der Waals surface area contributed by atoms with Crippen molar-refractivity contribution in [2.75, 3.05) is 6.61 Å². The molecule has 0 aromatic carbocycles. The fourth-order valence-corrected chi connectivity index (χ4v) is 3.61. The molecule has 0 bridgehead atoms. The lowest BCUT2D eigenvalue weighted by Gasteiger charge is -2.36. The summed E-state index contributed by atoms with van der Waals surface area (Å²) in [4.78, 5) is 18.2. The predicted octanol–water partition coefficient (Wildman–Crippen LogP) is 3.31. The van der Waals surface area contributed by atoms with Crippen molar-refractivity contribution in [2.45, 2.75) is 58.1 Å². The van der Waals surface area contributed by atoms with Crippen molar-refractivity contribution in [3.8, 4) is 0 Å². The van der Waals surface area contributed by atoms with Crippen molar-refractivity contribution in [1.82, 2.24) is 9.88 Å². The largest absolute Gasteiger partial charge is 0.444 e. The zero-order valence-corrected chi connectivity index (χ0v) is 15.7. The van der Waals surface area contributed by atoms with E-state index in [1.807, 2.05) is 0 Å². The fourth-order valence-electron chi connectivity index (χ4n) is 2.30. The highest BCUT2D eigenvalue weighted by Crippen LogP contribution is 2.36. The van der Waals surface area contributed by atoms with Gasteiger partial charge in [-0.05, 0) is 50.5 Å². The lowest BCUT2D eigenvalue weighted by Crippen LogP contribution is -2.51. The van der Waals surface area contributed by atoms with Crippen molar-refractivity contribution in [3.63, 3.8) is 0 Å². The summed E-state index contributed by atoms with van der Waals surface area (Å²) in [6.45, 7) is 9.20. The molecule has 1 N–H and O–H groups in total. The van der Waals surface area contributed by atoms with E-state index in [1.54, 1.807) is 40.0 Å². The Balaban J connectivity index is 2.24. The van der Waals surface area contributed by atoms with Crippen molar-refractivity contribution >= 4 is 33.4 Å². The standard InChI is InChI=1S/C14H21BrN2O4S/c1-13(2,3)21-12(19)17-8(6-20-14(17,4)5)10(18)11-16-9(15)7-22-11/h7-8,10,18H,6H2,1-5H3/t8-,10?/m1/s1. The smallest absolute Gasteiger partial charge is 0.413 e. The Hall–Kier alpha value is -0.700. The maximum atomic E-state index is 12.5. The summed E-state index contributed by atoms with van der Waals surface area (Å²) in [6.07, 6.45) is -1.43. The minimum absolute atomic E-state index is 0.227. The quantitative estimate of drug-likeness (QED) is 0.835. The number of amides is 1. The second-order valence-electron chi connectivity index (χ2n) is 6.63. The van der Waals surface area contributed by atoms with Crippen molar-refractivity contribution in [3.05, 3.63) is 15.0 Å². The lowest BCUT2D eigenvalue weighted by atomic mass is 10.1. The maximum Gasteiger partial charge on any atom is 0.413 e. The molecular weight excluding hydrogens is 372 g/mol. The number of halogens is 1. The highest BCUT2D eigenvalue weighted by molar-refractivity contribution is 9.10. The summed E-state index contributed by atoms with van der Waals surface area (Å²) in [5.41, 5.74) is -1.46. The van der Waals surface area contributed by atoms with Crippen LogP contribution in [0, 0.1) is 0 Å². The molecule has 2 rings (SSSR count). The Morgan fingerprint density at radius 3 is 2.77 bits per heavy atom. The van der Waals surface area contributed by atoms with Gasteiger partial charge in [0.15, 0.2) is 0 Å². The van der Waals surface area contributed by atoms with E-state index in [4.69, 9.17) is 9.47 Å². The fraction of sp³-hybridized carbons (Fsp3) is 0.714. The molecule has 124 valence electrons. The predicted molar refractivity (Wildman–Crippen MR) is 86.7 cm³/mol. The highest BCUT2D eigenvalue weighted by atomic mass is 79.9. The van der Waals surface area contributed by atoms with Gasteiger partial charge in [0.1, 0.15) is 27.0 Å². The molecule has 22 heavy (non-hydrogen) atoms. The van der Waals surface area contributed by atoms with Gasteiger partial charge in [0.25, 0.3) is 0 Å².